The summed E-state index contributed by atoms with van der Waals surface area (Å²) < 4.78 is 5.47. The van der Waals surface area contributed by atoms with E-state index < -0.39 is 23.8 Å². The fraction of sp³-hybridized carbons (Fsp3) is 0.516. The molecule has 2 N–H and O–H groups in total. The van der Waals surface area contributed by atoms with Crippen LogP contribution in [0.5, 0.6) is 0 Å². The van der Waals surface area contributed by atoms with Gasteiger partial charge in [-0.1, -0.05) is 60.9 Å². The van der Waals surface area contributed by atoms with Crippen molar-refractivity contribution < 1.29 is 19.1 Å². The fourth-order valence-electron chi connectivity index (χ4n) is 4.39. The maximum atomic E-state index is 14.2. The van der Waals surface area contributed by atoms with Crippen LogP contribution in [-0.4, -0.2) is 53.0 Å². The highest BCUT2D eigenvalue weighted by Crippen LogP contribution is 2.28. The van der Waals surface area contributed by atoms with Crippen LogP contribution in [0, 0.1) is 20.8 Å². The Kier molecular flexibility index (Phi) is 12.4. The van der Waals surface area contributed by atoms with Gasteiger partial charge >= 0.3 is 6.09 Å². The average Bonchev–Trinajstić information content (AvgIpc) is 2.83. The minimum atomic E-state index is -0.875. The molecule has 0 radical (unpaired) electrons. The van der Waals surface area contributed by atoms with E-state index in [9.17, 15) is 14.4 Å². The molecule has 2 atom stereocenters. The van der Waals surface area contributed by atoms with E-state index in [2.05, 4.69) is 10.6 Å². The monoisotopic (exact) mass is 555 g/mol. The van der Waals surface area contributed by atoms with Gasteiger partial charge in [-0.05, 0) is 83.6 Å². The van der Waals surface area contributed by atoms with E-state index in [1.807, 2.05) is 76.4 Å². The van der Waals surface area contributed by atoms with E-state index in [1.165, 1.54) is 0 Å². The second kappa shape index (κ2) is 15.0. The van der Waals surface area contributed by atoms with Crippen LogP contribution in [0.2, 0.25) is 0 Å². The molecule has 2 unspecified atom stereocenters. The third-order valence-electron chi connectivity index (χ3n) is 6.16. The highest BCUT2D eigenvalue weighted by Gasteiger charge is 2.36. The van der Waals surface area contributed by atoms with Gasteiger partial charge in [-0.2, -0.15) is 11.8 Å². The van der Waals surface area contributed by atoms with Crippen molar-refractivity contribution in [3.05, 3.63) is 64.7 Å². The number of hydrogen-bond acceptors (Lipinski definition) is 5. The Morgan fingerprint density at radius 3 is 2.23 bits per heavy atom. The molecule has 2 rings (SSSR count). The first-order valence-corrected chi connectivity index (χ1v) is 15.0. The molecule has 0 saturated heterocycles. The number of ether oxygens (including phenoxy) is 1. The summed E-state index contributed by atoms with van der Waals surface area (Å²) >= 11 is 1.59. The van der Waals surface area contributed by atoms with E-state index in [0.29, 0.717) is 30.8 Å². The highest BCUT2D eigenvalue weighted by molar-refractivity contribution is 7.98. The first-order valence-electron chi connectivity index (χ1n) is 13.6. The molecular formula is C31H45N3O4S. The largest absolute Gasteiger partial charge is 0.444 e. The minimum absolute atomic E-state index is 0.292. The molecule has 3 amide bonds. The van der Waals surface area contributed by atoms with Crippen LogP contribution in [0.1, 0.15) is 75.3 Å². The van der Waals surface area contributed by atoms with Crippen LogP contribution >= 0.6 is 11.8 Å². The average molecular weight is 556 g/mol. The maximum absolute atomic E-state index is 14.2. The van der Waals surface area contributed by atoms with E-state index in [-0.39, 0.29) is 11.8 Å². The van der Waals surface area contributed by atoms with Gasteiger partial charge in [-0.25, -0.2) is 4.79 Å². The molecule has 2 aromatic rings. The zero-order valence-corrected chi connectivity index (χ0v) is 25.5. The van der Waals surface area contributed by atoms with Crippen LogP contribution in [-0.2, 0) is 14.3 Å². The first kappa shape index (κ1) is 32.2. The molecule has 8 heteroatoms. The SMILES string of the molecule is CCCCN(C(=O)C(CCSC)NC(=O)OC(C)(C)C)C(C(=O)Nc1ccccc1C)c1cc(C)cc(C)c1. The molecule has 39 heavy (non-hydrogen) atoms. The summed E-state index contributed by atoms with van der Waals surface area (Å²) in [6.45, 7) is 13.7. The molecule has 0 spiro atoms. The second-order valence-corrected chi connectivity index (χ2v) is 12.0. The molecule has 0 saturated carbocycles. The number of hydrogen-bond donors (Lipinski definition) is 2. The van der Waals surface area contributed by atoms with Gasteiger partial charge in [0, 0.05) is 12.2 Å². The lowest BCUT2D eigenvalue weighted by molar-refractivity contribution is -0.141. The molecule has 0 aliphatic carbocycles. The zero-order chi connectivity index (χ0) is 29.2. The Hall–Kier alpha value is -3.00. The van der Waals surface area contributed by atoms with E-state index in [4.69, 9.17) is 4.74 Å². The summed E-state index contributed by atoms with van der Waals surface area (Å²) in [4.78, 5) is 42.6. The standard InChI is InChI=1S/C31H45N3O4S/c1-9-10-16-34(29(36)26(15-17-39-8)33-30(37)38-31(5,6)7)27(24-19-21(2)18-22(3)20-24)28(35)32-25-14-12-11-13-23(25)4/h11-14,18-20,26-27H,9-10,15-17H2,1-8H3,(H,32,35)(H,33,37). The van der Waals surface area contributed by atoms with Gasteiger partial charge < -0.3 is 20.3 Å². The molecule has 2 aromatic carbocycles. The second-order valence-electron chi connectivity index (χ2n) is 11.0. The minimum Gasteiger partial charge on any atom is -0.444 e. The van der Waals surface area contributed by atoms with Crippen LogP contribution in [0.15, 0.2) is 42.5 Å². The number of benzene rings is 2. The summed E-state index contributed by atoms with van der Waals surface area (Å²) in [7, 11) is 0. The van der Waals surface area contributed by atoms with E-state index in [0.717, 1.165) is 28.7 Å². The molecule has 0 heterocycles. The number of amides is 3. The van der Waals surface area contributed by atoms with E-state index >= 15 is 0 Å². The van der Waals surface area contributed by atoms with Crippen molar-refractivity contribution in [2.24, 2.45) is 0 Å². The number of carbonyl (C=O) groups excluding carboxylic acids is 3. The third kappa shape index (κ3) is 10.2. The molecule has 0 aliphatic rings. The fourth-order valence-corrected chi connectivity index (χ4v) is 4.86. The van der Waals surface area contributed by atoms with Crippen molar-refractivity contribution in [3.8, 4) is 0 Å². The van der Waals surface area contributed by atoms with Gasteiger partial charge in [0.15, 0.2) is 0 Å². The lowest BCUT2D eigenvalue weighted by atomic mass is 9.97. The Balaban J connectivity index is 2.56. The number of anilines is 1. The summed E-state index contributed by atoms with van der Waals surface area (Å²) in [5, 5.41) is 5.86. The summed E-state index contributed by atoms with van der Waals surface area (Å²) in [6.07, 6.45) is 3.28. The van der Waals surface area contributed by atoms with Crippen LogP contribution in [0.4, 0.5) is 10.5 Å². The Labute approximate surface area is 238 Å². The Morgan fingerprint density at radius 1 is 1.03 bits per heavy atom. The summed E-state index contributed by atoms with van der Waals surface area (Å²) in [5.74, 6) is 0.0735. The van der Waals surface area contributed by atoms with Gasteiger partial charge in [0.05, 0.1) is 0 Å². The highest BCUT2D eigenvalue weighted by atomic mass is 32.2. The number of alkyl carbamates (subject to hydrolysis) is 1. The summed E-state index contributed by atoms with van der Waals surface area (Å²) in [6, 6.07) is 11.8. The quantitative estimate of drug-likeness (QED) is 0.309. The topological polar surface area (TPSA) is 87.7 Å². The number of nitrogens with zero attached hydrogens (tertiary/aromatic N) is 1. The third-order valence-corrected chi connectivity index (χ3v) is 6.80. The van der Waals surface area contributed by atoms with Crippen molar-refractivity contribution in [2.45, 2.75) is 85.4 Å². The molecule has 0 bridgehead atoms. The number of aryl methyl sites for hydroxylation is 3. The normalized spacial score (nSPS) is 12.8. The molecular weight excluding hydrogens is 510 g/mol. The number of carbonyl (C=O) groups is 3. The lowest BCUT2D eigenvalue weighted by Crippen LogP contribution is -2.52. The van der Waals surface area contributed by atoms with Crippen LogP contribution in [0.25, 0.3) is 0 Å². The van der Waals surface area contributed by atoms with Gasteiger partial charge in [-0.15, -0.1) is 0 Å². The van der Waals surface area contributed by atoms with Crippen LogP contribution in [0.3, 0.4) is 0 Å². The lowest BCUT2D eigenvalue weighted by Gasteiger charge is -2.35. The molecule has 0 fully saturated rings. The molecule has 0 aromatic heterocycles. The van der Waals surface area contributed by atoms with Crippen LogP contribution < -0.4 is 10.6 Å². The van der Waals surface area contributed by atoms with Crippen molar-refractivity contribution >= 4 is 35.4 Å². The molecule has 214 valence electrons. The van der Waals surface area contributed by atoms with Crippen molar-refractivity contribution in [2.75, 3.05) is 23.9 Å². The number of nitrogens with one attached hydrogen (secondary N) is 2. The smallest absolute Gasteiger partial charge is 0.408 e. The molecule has 7 nitrogen and oxygen atoms in total. The van der Waals surface area contributed by atoms with Gasteiger partial charge in [0.2, 0.25) is 5.91 Å². The van der Waals surface area contributed by atoms with Crippen molar-refractivity contribution in [3.63, 3.8) is 0 Å². The Morgan fingerprint density at radius 2 is 1.67 bits per heavy atom. The van der Waals surface area contributed by atoms with Crippen molar-refractivity contribution in [1.29, 1.82) is 0 Å². The van der Waals surface area contributed by atoms with Gasteiger partial charge in [-0.3, -0.25) is 9.59 Å². The maximum Gasteiger partial charge on any atom is 0.408 e. The first-order chi connectivity index (χ1) is 18.4. The summed E-state index contributed by atoms with van der Waals surface area (Å²) in [5.41, 5.74) is 3.68. The van der Waals surface area contributed by atoms with Gasteiger partial charge in [0.25, 0.3) is 5.91 Å². The zero-order valence-electron chi connectivity index (χ0n) is 24.7. The van der Waals surface area contributed by atoms with E-state index in [1.54, 1.807) is 37.4 Å². The Bertz CT molecular complexity index is 1110. The number of para-hydroxylation sites is 1. The predicted molar refractivity (Wildman–Crippen MR) is 161 cm³/mol. The number of thioether (sulfide) groups is 1. The number of rotatable bonds is 12. The van der Waals surface area contributed by atoms with Gasteiger partial charge in [0.1, 0.15) is 17.7 Å². The predicted octanol–water partition coefficient (Wildman–Crippen LogP) is 6.57. The number of unbranched alkanes of at least 4 members (excludes halogenated alkanes) is 1. The van der Waals surface area contributed by atoms with Crippen molar-refractivity contribution in [1.82, 2.24) is 10.2 Å². The molecule has 0 aliphatic heterocycles.